The molecule has 5 heterocycles. The Labute approximate surface area is 287 Å². The van der Waals surface area contributed by atoms with Crippen LogP contribution >= 0.6 is 0 Å². The first-order valence-corrected chi connectivity index (χ1v) is 18.1. The molecule has 6 aliphatic rings. The van der Waals surface area contributed by atoms with E-state index in [-0.39, 0.29) is 18.7 Å². The molecule has 2 aromatic carbocycles. The third kappa shape index (κ3) is 6.14. The summed E-state index contributed by atoms with van der Waals surface area (Å²) in [5.41, 5.74) is 11.3. The monoisotopic (exact) mass is 669 g/mol. The number of hydrogen-bond acceptors (Lipinski definition) is 10. The minimum atomic E-state index is -0.947. The van der Waals surface area contributed by atoms with Crippen LogP contribution in [0.5, 0.6) is 5.75 Å². The van der Waals surface area contributed by atoms with Gasteiger partial charge in [0.15, 0.2) is 0 Å². The van der Waals surface area contributed by atoms with Crippen molar-refractivity contribution < 1.29 is 23.9 Å². The van der Waals surface area contributed by atoms with Gasteiger partial charge in [0.25, 0.3) is 11.8 Å². The van der Waals surface area contributed by atoms with Gasteiger partial charge in [0.1, 0.15) is 11.8 Å². The van der Waals surface area contributed by atoms with Gasteiger partial charge >= 0.3 is 0 Å². The van der Waals surface area contributed by atoms with E-state index in [9.17, 15) is 19.2 Å². The zero-order valence-electron chi connectivity index (χ0n) is 28.4. The van der Waals surface area contributed by atoms with Crippen molar-refractivity contribution in [1.29, 1.82) is 0 Å². The van der Waals surface area contributed by atoms with E-state index in [1.165, 1.54) is 36.9 Å². The summed E-state index contributed by atoms with van der Waals surface area (Å²) in [6.45, 7) is 9.39. The van der Waals surface area contributed by atoms with E-state index in [1.807, 2.05) is 12.1 Å². The van der Waals surface area contributed by atoms with Gasteiger partial charge in [0.05, 0.1) is 23.9 Å². The summed E-state index contributed by atoms with van der Waals surface area (Å²) >= 11 is 0. The number of hydrogen-bond donors (Lipinski definition) is 2. The molecule has 2 atom stereocenters. The molecule has 0 spiro atoms. The fraction of sp³-hybridized carbons (Fsp3) is 0.568. The van der Waals surface area contributed by atoms with Gasteiger partial charge in [-0.25, -0.2) is 0 Å². The molecular formula is C37H47N7O5. The molecule has 49 heavy (non-hydrogen) atoms. The Bertz CT molecular complexity index is 1660. The van der Waals surface area contributed by atoms with E-state index in [0.717, 1.165) is 87.3 Å². The number of piperidine rings is 2. The number of carbonyl (C=O) groups is 4. The van der Waals surface area contributed by atoms with Crippen molar-refractivity contribution in [1.82, 2.24) is 20.0 Å². The normalized spacial score (nSPS) is 25.7. The van der Waals surface area contributed by atoms with Crippen molar-refractivity contribution in [2.75, 3.05) is 81.5 Å². The molecule has 12 heteroatoms. The number of anilines is 3. The number of nitrogens with two attached hydrogens (primary N) is 1. The molecular weight excluding hydrogens is 622 g/mol. The van der Waals surface area contributed by atoms with E-state index < -0.39 is 23.8 Å². The van der Waals surface area contributed by atoms with Crippen molar-refractivity contribution in [3.05, 3.63) is 47.0 Å². The number of ether oxygens (including phenoxy) is 1. The quantitative estimate of drug-likeness (QED) is 0.320. The number of piperazine rings is 1. The van der Waals surface area contributed by atoms with Gasteiger partial charge in [-0.2, -0.15) is 0 Å². The third-order valence-electron chi connectivity index (χ3n) is 11.7. The highest BCUT2D eigenvalue weighted by Gasteiger charge is 2.45. The topological polar surface area (TPSA) is 132 Å². The predicted octanol–water partition coefficient (Wildman–Crippen LogP) is 2.67. The molecule has 0 bridgehead atoms. The molecule has 1 aliphatic carbocycles. The molecule has 0 aromatic heterocycles. The number of nitrogen functional groups attached to an aromatic ring is 1. The van der Waals surface area contributed by atoms with Gasteiger partial charge in [-0.3, -0.25) is 34.3 Å². The first-order chi connectivity index (χ1) is 23.8. The molecule has 8 rings (SSSR count). The number of nitrogens with one attached hydrogen (secondary N) is 1. The number of benzene rings is 2. The molecule has 4 saturated heterocycles. The van der Waals surface area contributed by atoms with Crippen LogP contribution in [0.25, 0.3) is 0 Å². The van der Waals surface area contributed by atoms with Crippen molar-refractivity contribution >= 4 is 40.7 Å². The summed E-state index contributed by atoms with van der Waals surface area (Å²) in [6, 6.07) is 9.43. The number of amides is 4. The van der Waals surface area contributed by atoms with Crippen LogP contribution in [-0.2, 0) is 9.59 Å². The highest BCUT2D eigenvalue weighted by Crippen LogP contribution is 2.47. The largest absolute Gasteiger partial charge is 0.495 e. The highest BCUT2D eigenvalue weighted by molar-refractivity contribution is 6.23. The molecule has 4 amide bonds. The Balaban J connectivity index is 0.818. The summed E-state index contributed by atoms with van der Waals surface area (Å²) in [7, 11) is 1.70. The first-order valence-electron chi connectivity index (χ1n) is 18.1. The van der Waals surface area contributed by atoms with Gasteiger partial charge in [-0.05, 0) is 80.2 Å². The summed E-state index contributed by atoms with van der Waals surface area (Å²) < 4.78 is 5.57. The molecule has 1 saturated carbocycles. The number of nitrogens with zero attached hydrogens (tertiary/aromatic N) is 5. The van der Waals surface area contributed by atoms with Crippen molar-refractivity contribution in [3.63, 3.8) is 0 Å². The second-order valence-corrected chi connectivity index (χ2v) is 14.8. The Hall–Kier alpha value is -4.16. The van der Waals surface area contributed by atoms with Crippen LogP contribution in [0.2, 0.25) is 0 Å². The first kappa shape index (κ1) is 32.1. The van der Waals surface area contributed by atoms with Crippen LogP contribution in [0.15, 0.2) is 30.3 Å². The zero-order valence-corrected chi connectivity index (χ0v) is 28.4. The zero-order chi connectivity index (χ0) is 33.8. The maximum atomic E-state index is 13.3. The van der Waals surface area contributed by atoms with Gasteiger partial charge in [0.2, 0.25) is 11.8 Å². The molecule has 260 valence electrons. The van der Waals surface area contributed by atoms with Crippen molar-refractivity contribution in [2.24, 2.45) is 5.92 Å². The smallest absolute Gasteiger partial charge is 0.262 e. The molecule has 5 aliphatic heterocycles. The molecule has 0 radical (unpaired) electrons. The van der Waals surface area contributed by atoms with Gasteiger partial charge in [-0.1, -0.05) is 0 Å². The number of fused-ring (bicyclic) bond motifs is 1. The molecule has 3 N–H and O–H groups in total. The average molecular weight is 670 g/mol. The van der Waals surface area contributed by atoms with E-state index in [1.54, 1.807) is 13.2 Å². The van der Waals surface area contributed by atoms with E-state index >= 15 is 0 Å². The highest BCUT2D eigenvalue weighted by atomic mass is 16.5. The fourth-order valence-electron chi connectivity index (χ4n) is 8.80. The van der Waals surface area contributed by atoms with Gasteiger partial charge in [0, 0.05) is 88.8 Å². The Kier molecular flexibility index (Phi) is 8.47. The fourth-order valence-corrected chi connectivity index (χ4v) is 8.80. The van der Waals surface area contributed by atoms with Crippen LogP contribution < -0.4 is 25.6 Å². The van der Waals surface area contributed by atoms with Gasteiger partial charge < -0.3 is 25.2 Å². The van der Waals surface area contributed by atoms with Crippen LogP contribution in [0.3, 0.4) is 0 Å². The molecule has 12 nitrogen and oxygen atoms in total. The third-order valence-corrected chi connectivity index (χ3v) is 11.7. The van der Waals surface area contributed by atoms with Crippen molar-refractivity contribution in [3.8, 4) is 5.75 Å². The molecule has 2 aromatic rings. The summed E-state index contributed by atoms with van der Waals surface area (Å²) in [5.74, 6) is 0.0817. The van der Waals surface area contributed by atoms with E-state index in [2.05, 4.69) is 37.0 Å². The summed E-state index contributed by atoms with van der Waals surface area (Å²) in [4.78, 5) is 61.7. The lowest BCUT2D eigenvalue weighted by atomic mass is 9.98. The standard InChI is InChI=1S/C37H47N7O5/c1-49-33-20-32(28(19-30(33)38)24-2-3-24)42-12-9-25(10-13-42)41-16-14-40(15-17-41)21-23-8-11-43(22-23)26-4-5-27-29(18-26)37(48)44(36(27)47)31-6-7-34(45)39-35(31)46/h4-5,18-20,23-25,31H,2-3,6-17,21-22,38H2,1H3,(H,39,45,46). The number of methoxy groups -OCH3 is 1. The Morgan fingerprint density at radius 3 is 2.27 bits per heavy atom. The van der Waals surface area contributed by atoms with Crippen molar-refractivity contribution in [2.45, 2.75) is 62.9 Å². The van der Waals surface area contributed by atoms with Crippen LogP contribution in [-0.4, -0.2) is 116 Å². The lowest BCUT2D eigenvalue weighted by Gasteiger charge is -2.44. The van der Waals surface area contributed by atoms with E-state index in [4.69, 9.17) is 10.5 Å². The number of rotatable bonds is 8. The lowest BCUT2D eigenvalue weighted by molar-refractivity contribution is -0.136. The Morgan fingerprint density at radius 2 is 1.55 bits per heavy atom. The predicted molar refractivity (Wildman–Crippen MR) is 186 cm³/mol. The van der Waals surface area contributed by atoms with Crippen LogP contribution in [0.1, 0.15) is 77.1 Å². The minimum Gasteiger partial charge on any atom is -0.495 e. The van der Waals surface area contributed by atoms with Crippen LogP contribution in [0, 0.1) is 5.92 Å². The Morgan fingerprint density at radius 1 is 0.816 bits per heavy atom. The summed E-state index contributed by atoms with van der Waals surface area (Å²) in [5, 5.41) is 2.26. The second kappa shape index (κ2) is 12.9. The maximum Gasteiger partial charge on any atom is 0.262 e. The number of imide groups is 2. The SMILES string of the molecule is COc1cc(N2CCC(N3CCN(CC4CCN(c5ccc6c(c5)C(=O)N(C5CCC(=O)NC5=O)C6=O)C4)CC3)CC2)c(C2CC2)cc1N. The lowest BCUT2D eigenvalue weighted by Crippen LogP contribution is -2.54. The van der Waals surface area contributed by atoms with Crippen LogP contribution in [0.4, 0.5) is 17.1 Å². The van der Waals surface area contributed by atoms with E-state index in [0.29, 0.717) is 29.0 Å². The minimum absolute atomic E-state index is 0.112. The molecule has 2 unspecified atom stereocenters. The van der Waals surface area contributed by atoms with Gasteiger partial charge in [-0.15, -0.1) is 0 Å². The summed E-state index contributed by atoms with van der Waals surface area (Å²) in [6.07, 6.45) is 6.21. The number of carbonyl (C=O) groups excluding carboxylic acids is 4. The average Bonchev–Trinajstić information content (AvgIpc) is 3.81. The maximum absolute atomic E-state index is 13.3. The second-order valence-electron chi connectivity index (χ2n) is 14.8. The molecule has 5 fully saturated rings.